The molecule has 0 atom stereocenters. The number of pyridine rings is 1. The number of rotatable bonds is 4. The van der Waals surface area contributed by atoms with Crippen molar-refractivity contribution in [3.8, 4) is 22.8 Å². The van der Waals surface area contributed by atoms with Crippen molar-refractivity contribution in [3.05, 3.63) is 95.5 Å². The van der Waals surface area contributed by atoms with Crippen LogP contribution in [-0.2, 0) is 9.84 Å². The van der Waals surface area contributed by atoms with E-state index in [2.05, 4.69) is 15.2 Å². The molecule has 0 spiro atoms. The summed E-state index contributed by atoms with van der Waals surface area (Å²) in [6.45, 7) is 0. The zero-order valence-corrected chi connectivity index (χ0v) is 18.4. The molecule has 0 aliphatic carbocycles. The first-order valence-electron chi connectivity index (χ1n) is 10.1. The van der Waals surface area contributed by atoms with Gasteiger partial charge < -0.3 is 0 Å². The van der Waals surface area contributed by atoms with Crippen LogP contribution in [-0.4, -0.2) is 38.5 Å². The van der Waals surface area contributed by atoms with Crippen molar-refractivity contribution in [2.75, 3.05) is 0 Å². The monoisotopic (exact) mass is 497 g/mol. The average Bonchev–Trinajstić information content (AvgIpc) is 3.33. The molecular weight excluding hydrogens is 483 g/mol. The van der Waals surface area contributed by atoms with Gasteiger partial charge in [-0.2, -0.15) is 23.4 Å². The van der Waals surface area contributed by atoms with E-state index in [9.17, 15) is 26.4 Å². The van der Waals surface area contributed by atoms with E-state index in [0.29, 0.717) is 11.4 Å². The van der Waals surface area contributed by atoms with E-state index in [1.54, 1.807) is 23.0 Å². The largest absolute Gasteiger partial charge is 0.501 e. The van der Waals surface area contributed by atoms with E-state index in [-0.39, 0.29) is 11.4 Å². The SMILES string of the molecule is O=c1ccn(-c2ccc(S(=O)(=O)C(F)(F)F)cc2)nc1-c1ccnn1-c1ccnc2ccccc12. The Kier molecular flexibility index (Phi) is 5.24. The van der Waals surface area contributed by atoms with Crippen molar-refractivity contribution in [2.24, 2.45) is 0 Å². The summed E-state index contributed by atoms with van der Waals surface area (Å²) < 4.78 is 64.5. The standard InChI is InChI=1S/C23H14F3N5O3S/c24-23(25,26)35(33,34)16-7-5-15(6-8-16)30-14-11-21(32)22(29-30)20-10-13-28-31(20)19-9-12-27-18-4-2-1-3-17(18)19/h1-14H. The van der Waals surface area contributed by atoms with E-state index in [1.807, 2.05) is 24.3 Å². The van der Waals surface area contributed by atoms with E-state index in [1.165, 1.54) is 35.3 Å². The second-order valence-electron chi connectivity index (χ2n) is 7.39. The van der Waals surface area contributed by atoms with Gasteiger partial charge in [0.15, 0.2) is 5.69 Å². The minimum Gasteiger partial charge on any atom is -0.287 e. The predicted octanol–water partition coefficient (Wildman–Crippen LogP) is 3.93. The minimum absolute atomic E-state index is 0.0397. The molecule has 8 nitrogen and oxygen atoms in total. The predicted molar refractivity (Wildman–Crippen MR) is 121 cm³/mol. The van der Waals surface area contributed by atoms with Gasteiger partial charge in [-0.05, 0) is 42.5 Å². The summed E-state index contributed by atoms with van der Waals surface area (Å²) in [4.78, 5) is 16.1. The number of hydrogen-bond donors (Lipinski definition) is 0. The van der Waals surface area contributed by atoms with E-state index >= 15 is 0 Å². The fourth-order valence-electron chi connectivity index (χ4n) is 3.58. The molecule has 3 aromatic heterocycles. The Bertz CT molecular complexity index is 1720. The van der Waals surface area contributed by atoms with Crippen LogP contribution < -0.4 is 5.43 Å². The van der Waals surface area contributed by atoms with Crippen LogP contribution in [0.4, 0.5) is 13.2 Å². The molecule has 5 rings (SSSR count). The van der Waals surface area contributed by atoms with Gasteiger partial charge in [-0.25, -0.2) is 17.8 Å². The highest BCUT2D eigenvalue weighted by molar-refractivity contribution is 7.92. The summed E-state index contributed by atoms with van der Waals surface area (Å²) in [5.74, 6) is 0. The third-order valence-electron chi connectivity index (χ3n) is 5.26. The van der Waals surface area contributed by atoms with Gasteiger partial charge in [0.2, 0.25) is 5.43 Å². The number of hydrogen-bond acceptors (Lipinski definition) is 6. The van der Waals surface area contributed by atoms with Crippen molar-refractivity contribution in [1.29, 1.82) is 0 Å². The highest BCUT2D eigenvalue weighted by atomic mass is 32.2. The lowest BCUT2D eigenvalue weighted by Crippen LogP contribution is -2.23. The van der Waals surface area contributed by atoms with Gasteiger partial charge in [-0.15, -0.1) is 0 Å². The molecule has 0 saturated carbocycles. The quantitative estimate of drug-likeness (QED) is 0.373. The summed E-state index contributed by atoms with van der Waals surface area (Å²) in [7, 11) is -5.48. The number of fused-ring (bicyclic) bond motifs is 1. The summed E-state index contributed by atoms with van der Waals surface area (Å²) in [6, 6.07) is 16.1. The molecule has 2 aromatic carbocycles. The first kappa shape index (κ1) is 22.5. The Labute approximate surface area is 195 Å². The van der Waals surface area contributed by atoms with Crippen LogP contribution in [0.1, 0.15) is 0 Å². The highest BCUT2D eigenvalue weighted by Gasteiger charge is 2.46. The Morgan fingerprint density at radius 1 is 0.857 bits per heavy atom. The van der Waals surface area contributed by atoms with Crippen molar-refractivity contribution >= 4 is 20.7 Å². The van der Waals surface area contributed by atoms with Gasteiger partial charge in [-0.1, -0.05) is 18.2 Å². The Morgan fingerprint density at radius 2 is 1.60 bits per heavy atom. The highest BCUT2D eigenvalue weighted by Crippen LogP contribution is 2.30. The Hall–Kier alpha value is -4.32. The molecule has 0 unspecified atom stereocenters. The van der Waals surface area contributed by atoms with Gasteiger partial charge in [0.1, 0.15) is 0 Å². The van der Waals surface area contributed by atoms with Gasteiger partial charge in [0.25, 0.3) is 9.84 Å². The lowest BCUT2D eigenvalue weighted by atomic mass is 10.2. The average molecular weight is 497 g/mol. The molecule has 176 valence electrons. The molecule has 3 heterocycles. The van der Waals surface area contributed by atoms with Crippen LogP contribution in [0.25, 0.3) is 33.7 Å². The van der Waals surface area contributed by atoms with Crippen molar-refractivity contribution < 1.29 is 21.6 Å². The fourth-order valence-corrected chi connectivity index (χ4v) is 4.34. The smallest absolute Gasteiger partial charge is 0.287 e. The van der Waals surface area contributed by atoms with Gasteiger partial charge in [0, 0.05) is 23.8 Å². The lowest BCUT2D eigenvalue weighted by Gasteiger charge is -2.12. The maximum Gasteiger partial charge on any atom is 0.501 e. The molecule has 0 saturated heterocycles. The molecule has 0 aliphatic heterocycles. The molecule has 0 radical (unpaired) electrons. The van der Waals surface area contributed by atoms with E-state index < -0.39 is 25.7 Å². The lowest BCUT2D eigenvalue weighted by molar-refractivity contribution is -0.0436. The topological polar surface area (TPSA) is 99.7 Å². The first-order chi connectivity index (χ1) is 16.7. The summed E-state index contributed by atoms with van der Waals surface area (Å²) in [5, 5.41) is 9.50. The zero-order chi connectivity index (χ0) is 24.8. The Balaban J connectivity index is 1.59. The molecule has 0 fully saturated rings. The number of sulfone groups is 1. The molecule has 5 aromatic rings. The van der Waals surface area contributed by atoms with Crippen LogP contribution in [0, 0.1) is 0 Å². The van der Waals surface area contributed by atoms with E-state index in [0.717, 1.165) is 23.0 Å². The summed E-state index contributed by atoms with van der Waals surface area (Å²) in [6.07, 6.45) is 4.47. The number of alkyl halides is 3. The second kappa shape index (κ2) is 8.17. The van der Waals surface area contributed by atoms with Crippen molar-refractivity contribution in [1.82, 2.24) is 24.5 Å². The summed E-state index contributed by atoms with van der Waals surface area (Å²) in [5.41, 5.74) is -3.72. The fraction of sp³-hybridized carbons (Fsp3) is 0.0435. The number of benzene rings is 2. The molecule has 0 N–H and O–H groups in total. The minimum atomic E-state index is -5.48. The van der Waals surface area contributed by atoms with Crippen LogP contribution in [0.5, 0.6) is 0 Å². The van der Waals surface area contributed by atoms with Gasteiger partial charge in [0.05, 0.1) is 33.7 Å². The molecule has 12 heteroatoms. The number of para-hydroxylation sites is 1. The van der Waals surface area contributed by atoms with Crippen LogP contribution in [0.15, 0.2) is 95.0 Å². The number of nitrogens with zero attached hydrogens (tertiary/aromatic N) is 5. The number of halogens is 3. The van der Waals surface area contributed by atoms with Crippen molar-refractivity contribution in [2.45, 2.75) is 10.4 Å². The Morgan fingerprint density at radius 3 is 2.34 bits per heavy atom. The van der Waals surface area contributed by atoms with Gasteiger partial charge in [-0.3, -0.25) is 9.78 Å². The number of aromatic nitrogens is 5. The second-order valence-corrected chi connectivity index (χ2v) is 9.33. The maximum absolute atomic E-state index is 12.8. The zero-order valence-electron chi connectivity index (χ0n) is 17.6. The normalized spacial score (nSPS) is 12.2. The molecule has 0 bridgehead atoms. The molecule has 35 heavy (non-hydrogen) atoms. The van der Waals surface area contributed by atoms with Gasteiger partial charge >= 0.3 is 5.51 Å². The van der Waals surface area contributed by atoms with Crippen LogP contribution in [0.3, 0.4) is 0 Å². The van der Waals surface area contributed by atoms with Crippen LogP contribution in [0.2, 0.25) is 0 Å². The molecule has 0 amide bonds. The first-order valence-corrected chi connectivity index (χ1v) is 11.6. The maximum atomic E-state index is 12.8. The molecular formula is C23H14F3N5O3S. The molecule has 0 aliphatic rings. The van der Waals surface area contributed by atoms with E-state index in [4.69, 9.17) is 0 Å². The third-order valence-corrected chi connectivity index (χ3v) is 6.77. The summed E-state index contributed by atoms with van der Waals surface area (Å²) >= 11 is 0. The van der Waals surface area contributed by atoms with Crippen LogP contribution >= 0.6 is 0 Å². The third kappa shape index (κ3) is 3.87. The van der Waals surface area contributed by atoms with Crippen molar-refractivity contribution in [3.63, 3.8) is 0 Å².